The van der Waals surface area contributed by atoms with Crippen LogP contribution in [0.3, 0.4) is 0 Å². The van der Waals surface area contributed by atoms with Crippen LogP contribution in [0.1, 0.15) is 24.8 Å². The number of carbonyl (C=O) groups is 1. The van der Waals surface area contributed by atoms with E-state index in [0.29, 0.717) is 49.7 Å². The van der Waals surface area contributed by atoms with Gasteiger partial charge in [0.2, 0.25) is 5.91 Å². The molecule has 156 valence electrons. The molecule has 0 radical (unpaired) electrons. The monoisotopic (exact) mass is 469 g/mol. The molecule has 1 fully saturated rings. The fourth-order valence-electron chi connectivity index (χ4n) is 3.95. The second-order valence-corrected chi connectivity index (χ2v) is 8.85. The maximum atomic E-state index is 12.8. The molecule has 1 aliphatic heterocycles. The summed E-state index contributed by atoms with van der Waals surface area (Å²) in [7, 11) is 0. The lowest BCUT2D eigenvalue weighted by atomic mass is 9.91. The van der Waals surface area contributed by atoms with Gasteiger partial charge < -0.3 is 10.0 Å². The number of aliphatic hydroxyl groups is 1. The Hall–Kier alpha value is -2.51. The Morgan fingerprint density at radius 2 is 1.87 bits per heavy atom. The lowest BCUT2D eigenvalue weighted by Gasteiger charge is -2.38. The number of rotatable bonds is 5. The first-order valence-corrected chi connectivity index (χ1v) is 10.9. The van der Waals surface area contributed by atoms with Crippen LogP contribution in [-0.2, 0) is 17.8 Å². The number of carbonyl (C=O) groups excluding carboxylic acids is 1. The Morgan fingerprint density at radius 3 is 2.60 bits per heavy atom. The predicted octanol–water partition coefficient (Wildman–Crippen LogP) is 3.15. The first-order chi connectivity index (χ1) is 14.4. The number of nitrogens with zero attached hydrogens (tertiary/aromatic N) is 3. The third-order valence-electron chi connectivity index (χ3n) is 5.77. The second-order valence-electron chi connectivity index (χ2n) is 7.93. The number of hydrogen-bond acceptors (Lipinski definition) is 4. The third kappa shape index (κ3) is 4.63. The number of likely N-dealkylation sites (tertiary alicyclic amines) is 1. The van der Waals surface area contributed by atoms with Crippen LogP contribution in [0.25, 0.3) is 10.9 Å². The van der Waals surface area contributed by atoms with Crippen molar-refractivity contribution >= 4 is 32.7 Å². The van der Waals surface area contributed by atoms with E-state index in [9.17, 15) is 14.7 Å². The number of aromatic nitrogens is 2. The van der Waals surface area contributed by atoms with Gasteiger partial charge in [-0.3, -0.25) is 14.2 Å². The van der Waals surface area contributed by atoms with Crippen LogP contribution >= 0.6 is 15.9 Å². The van der Waals surface area contributed by atoms with Crippen molar-refractivity contribution in [3.63, 3.8) is 0 Å². The van der Waals surface area contributed by atoms with Crippen molar-refractivity contribution in [1.29, 1.82) is 0 Å². The van der Waals surface area contributed by atoms with Crippen molar-refractivity contribution in [2.24, 2.45) is 0 Å². The van der Waals surface area contributed by atoms with Gasteiger partial charge in [-0.2, -0.15) is 0 Å². The molecule has 0 bridgehead atoms. The van der Waals surface area contributed by atoms with Crippen LogP contribution in [0.4, 0.5) is 0 Å². The molecule has 6 nitrogen and oxygen atoms in total. The minimum atomic E-state index is -1.02. The molecule has 2 heterocycles. The molecule has 1 aliphatic rings. The molecule has 1 amide bonds. The molecule has 1 aromatic heterocycles. The Kier molecular flexibility index (Phi) is 6.01. The Labute approximate surface area is 183 Å². The standard InChI is InChI=1S/C23H24BrN3O3/c24-18-7-8-19-20(14-18)25-16-27(22(19)29)15-23(30)10-12-26(13-11-23)21(28)9-6-17-4-2-1-3-5-17/h1-5,7-8,14,16,30H,6,9-13,15H2. The number of aryl methyl sites for hydroxylation is 1. The lowest BCUT2D eigenvalue weighted by molar-refractivity contribution is -0.135. The Bertz CT molecular complexity index is 1110. The van der Waals surface area contributed by atoms with Crippen LogP contribution in [-0.4, -0.2) is 44.2 Å². The molecule has 1 N–H and O–H groups in total. The molecule has 0 unspecified atom stereocenters. The average Bonchev–Trinajstić information content (AvgIpc) is 2.75. The first kappa shape index (κ1) is 20.8. The molecule has 3 aromatic rings. The lowest BCUT2D eigenvalue weighted by Crippen LogP contribution is -2.49. The predicted molar refractivity (Wildman–Crippen MR) is 119 cm³/mol. The topological polar surface area (TPSA) is 75.4 Å². The summed E-state index contributed by atoms with van der Waals surface area (Å²) in [5.41, 5.74) is 0.582. The highest BCUT2D eigenvalue weighted by Crippen LogP contribution is 2.25. The summed E-state index contributed by atoms with van der Waals surface area (Å²) in [4.78, 5) is 31.5. The van der Waals surface area contributed by atoms with Crippen molar-refractivity contribution in [2.45, 2.75) is 37.8 Å². The number of benzene rings is 2. The summed E-state index contributed by atoms with van der Waals surface area (Å²) in [6.45, 7) is 1.16. The highest BCUT2D eigenvalue weighted by Gasteiger charge is 2.34. The van der Waals surface area contributed by atoms with E-state index >= 15 is 0 Å². The van der Waals surface area contributed by atoms with Crippen LogP contribution in [0.2, 0.25) is 0 Å². The molecular formula is C23H24BrN3O3. The van der Waals surface area contributed by atoms with Crippen molar-refractivity contribution in [2.75, 3.05) is 13.1 Å². The van der Waals surface area contributed by atoms with Gasteiger partial charge in [0.15, 0.2) is 0 Å². The summed E-state index contributed by atoms with van der Waals surface area (Å²) >= 11 is 3.38. The summed E-state index contributed by atoms with van der Waals surface area (Å²) in [5, 5.41) is 11.6. The van der Waals surface area contributed by atoms with E-state index in [0.717, 1.165) is 10.0 Å². The van der Waals surface area contributed by atoms with Crippen LogP contribution in [0, 0.1) is 0 Å². The smallest absolute Gasteiger partial charge is 0.261 e. The van der Waals surface area contributed by atoms with Gasteiger partial charge >= 0.3 is 0 Å². The normalized spacial score (nSPS) is 16.0. The van der Waals surface area contributed by atoms with E-state index in [1.54, 1.807) is 12.1 Å². The van der Waals surface area contributed by atoms with E-state index in [4.69, 9.17) is 0 Å². The third-order valence-corrected chi connectivity index (χ3v) is 6.26. The fourth-order valence-corrected chi connectivity index (χ4v) is 4.29. The molecule has 2 aromatic carbocycles. The molecule has 0 saturated carbocycles. The van der Waals surface area contributed by atoms with Crippen molar-refractivity contribution in [1.82, 2.24) is 14.5 Å². The Morgan fingerprint density at radius 1 is 1.13 bits per heavy atom. The zero-order valence-electron chi connectivity index (χ0n) is 16.6. The maximum absolute atomic E-state index is 12.8. The maximum Gasteiger partial charge on any atom is 0.261 e. The van der Waals surface area contributed by atoms with E-state index in [-0.39, 0.29) is 18.0 Å². The molecule has 30 heavy (non-hydrogen) atoms. The summed E-state index contributed by atoms with van der Waals surface area (Å²) < 4.78 is 2.34. The summed E-state index contributed by atoms with van der Waals surface area (Å²) in [5.74, 6) is 0.107. The Balaban J connectivity index is 1.37. The SMILES string of the molecule is O=C(CCc1ccccc1)N1CCC(O)(Cn2cnc3cc(Br)ccc3c2=O)CC1. The van der Waals surface area contributed by atoms with Crippen LogP contribution in [0.5, 0.6) is 0 Å². The molecular weight excluding hydrogens is 446 g/mol. The van der Waals surface area contributed by atoms with Crippen LogP contribution in [0.15, 0.2) is 64.1 Å². The van der Waals surface area contributed by atoms with E-state index in [1.165, 1.54) is 10.9 Å². The van der Waals surface area contributed by atoms with Crippen molar-refractivity contribution in [3.8, 4) is 0 Å². The van der Waals surface area contributed by atoms with Gasteiger partial charge in [-0.1, -0.05) is 46.3 Å². The number of amides is 1. The van der Waals surface area contributed by atoms with Gasteiger partial charge in [-0.05, 0) is 43.0 Å². The number of halogens is 1. The quantitative estimate of drug-likeness (QED) is 0.622. The second kappa shape index (κ2) is 8.70. The van der Waals surface area contributed by atoms with Gasteiger partial charge in [0.25, 0.3) is 5.56 Å². The van der Waals surface area contributed by atoms with Crippen LogP contribution < -0.4 is 5.56 Å². The molecule has 0 spiro atoms. The largest absolute Gasteiger partial charge is 0.388 e. The summed E-state index contributed by atoms with van der Waals surface area (Å²) in [6.07, 6.45) is 3.55. The van der Waals surface area contributed by atoms with Gasteiger partial charge in [-0.25, -0.2) is 4.98 Å². The number of piperidine rings is 1. The zero-order chi connectivity index (χ0) is 21.1. The van der Waals surface area contributed by atoms with E-state index in [1.807, 2.05) is 41.3 Å². The molecule has 0 atom stereocenters. The van der Waals surface area contributed by atoms with E-state index < -0.39 is 5.60 Å². The highest BCUT2D eigenvalue weighted by atomic mass is 79.9. The van der Waals surface area contributed by atoms with E-state index in [2.05, 4.69) is 20.9 Å². The highest BCUT2D eigenvalue weighted by molar-refractivity contribution is 9.10. The average molecular weight is 470 g/mol. The fraction of sp³-hybridized carbons (Fsp3) is 0.348. The minimum absolute atomic E-state index is 0.107. The molecule has 0 aliphatic carbocycles. The summed E-state index contributed by atoms with van der Waals surface area (Å²) in [6, 6.07) is 15.3. The zero-order valence-corrected chi connectivity index (χ0v) is 18.2. The van der Waals surface area contributed by atoms with Gasteiger partial charge in [0, 0.05) is 24.0 Å². The van der Waals surface area contributed by atoms with Gasteiger partial charge in [0.1, 0.15) is 0 Å². The number of fused-ring (bicyclic) bond motifs is 1. The first-order valence-electron chi connectivity index (χ1n) is 10.1. The molecule has 1 saturated heterocycles. The minimum Gasteiger partial charge on any atom is -0.388 e. The molecule has 7 heteroatoms. The van der Waals surface area contributed by atoms with Crippen molar-refractivity contribution in [3.05, 3.63) is 75.2 Å². The van der Waals surface area contributed by atoms with Crippen molar-refractivity contribution < 1.29 is 9.90 Å². The van der Waals surface area contributed by atoms with Gasteiger partial charge in [0.05, 0.1) is 29.4 Å². The van der Waals surface area contributed by atoms with Gasteiger partial charge in [-0.15, -0.1) is 0 Å². The number of hydrogen-bond donors (Lipinski definition) is 1. The molecule has 4 rings (SSSR count).